The van der Waals surface area contributed by atoms with Crippen molar-refractivity contribution >= 4 is 36.3 Å². The largest absolute Gasteiger partial charge is 0.679 e. The summed E-state index contributed by atoms with van der Waals surface area (Å²) in [5.74, 6) is 0.231. The number of halogens is 2. The van der Waals surface area contributed by atoms with Crippen LogP contribution in [0.3, 0.4) is 0 Å². The number of amidine groups is 1. The maximum atomic E-state index is 15.0. The molecule has 0 radical (unpaired) electrons. The van der Waals surface area contributed by atoms with Gasteiger partial charge in [0, 0.05) is 22.4 Å². The lowest BCUT2D eigenvalue weighted by atomic mass is 10.0. The van der Waals surface area contributed by atoms with Gasteiger partial charge in [0.2, 0.25) is 0 Å². The molecule has 0 amide bonds. The Morgan fingerprint density at radius 2 is 1.42 bits per heavy atom. The fourth-order valence-corrected chi connectivity index (χ4v) is 5.08. The second kappa shape index (κ2) is 12.8. The van der Waals surface area contributed by atoms with Gasteiger partial charge >= 0.3 is 13.4 Å². The van der Waals surface area contributed by atoms with Gasteiger partial charge in [-0.25, -0.2) is 14.8 Å². The zero-order valence-corrected chi connectivity index (χ0v) is 24.1. The number of ether oxygens (including phenoxy) is 2. The molecule has 0 atom stereocenters. The number of aromatic nitrogens is 1. The van der Waals surface area contributed by atoms with Gasteiger partial charge in [-0.2, -0.15) is 0 Å². The van der Waals surface area contributed by atoms with Crippen molar-refractivity contribution in [3.8, 4) is 33.9 Å². The first-order valence-electron chi connectivity index (χ1n) is 14.0. The summed E-state index contributed by atoms with van der Waals surface area (Å²) in [5, 5.41) is 8.95. The SMILES string of the molecule is COc1ccc(-c2cc(-c3ccccc3)n(B(F)F)c2/N=C2\N=C(c3ccccc3)C=C2c2ccc(OCC(=O)O)cc2)cc1. The third-order valence-electron chi connectivity index (χ3n) is 7.23. The number of carbonyl (C=O) groups is 1. The molecule has 1 N–H and O–H groups in total. The number of methoxy groups -OCH3 is 1. The van der Waals surface area contributed by atoms with Gasteiger partial charge in [-0.3, -0.25) is 8.63 Å². The van der Waals surface area contributed by atoms with Crippen LogP contribution >= 0.6 is 0 Å². The van der Waals surface area contributed by atoms with Gasteiger partial charge in [0.15, 0.2) is 12.4 Å². The number of rotatable bonds is 10. The van der Waals surface area contributed by atoms with Gasteiger partial charge in [-0.1, -0.05) is 84.9 Å². The predicted molar refractivity (Wildman–Crippen MR) is 173 cm³/mol. The van der Waals surface area contributed by atoms with Crippen molar-refractivity contribution in [1.82, 2.24) is 4.48 Å². The third-order valence-corrected chi connectivity index (χ3v) is 7.23. The number of benzene rings is 4. The van der Waals surface area contributed by atoms with Crippen molar-refractivity contribution < 1.29 is 28.0 Å². The minimum Gasteiger partial charge on any atom is -0.497 e. The number of nitrogens with zero attached hydrogens (tertiary/aromatic N) is 3. The van der Waals surface area contributed by atoms with Crippen LogP contribution in [-0.4, -0.2) is 48.2 Å². The number of hydrogen-bond donors (Lipinski definition) is 1. The van der Waals surface area contributed by atoms with Crippen LogP contribution in [-0.2, 0) is 4.79 Å². The van der Waals surface area contributed by atoms with E-state index in [1.807, 2.05) is 54.6 Å². The molecule has 0 fully saturated rings. The van der Waals surface area contributed by atoms with E-state index in [1.165, 1.54) is 0 Å². The minimum absolute atomic E-state index is 0.0504. The Morgan fingerprint density at radius 1 is 0.822 bits per heavy atom. The number of aliphatic carboxylic acids is 1. The van der Waals surface area contributed by atoms with E-state index in [4.69, 9.17) is 24.6 Å². The Labute approximate surface area is 258 Å². The van der Waals surface area contributed by atoms with Gasteiger partial charge in [0.1, 0.15) is 17.3 Å². The molecular formula is C35H26BF2N3O4. The molecule has 6 rings (SSSR count). The molecule has 1 aromatic heterocycles. The fraction of sp³-hybridized carbons (Fsp3) is 0.0571. The topological polar surface area (TPSA) is 85.4 Å². The Bertz CT molecular complexity index is 1920. The molecular weight excluding hydrogens is 575 g/mol. The molecule has 0 saturated heterocycles. The quantitative estimate of drug-likeness (QED) is 0.167. The van der Waals surface area contributed by atoms with Gasteiger partial charge < -0.3 is 19.1 Å². The first-order chi connectivity index (χ1) is 21.9. The van der Waals surface area contributed by atoms with Crippen LogP contribution in [0.5, 0.6) is 11.5 Å². The summed E-state index contributed by atoms with van der Waals surface area (Å²) >= 11 is 0. The molecule has 10 heteroatoms. The third kappa shape index (κ3) is 6.30. The lowest BCUT2D eigenvalue weighted by Crippen LogP contribution is -2.14. The fourth-order valence-electron chi connectivity index (χ4n) is 5.08. The summed E-state index contributed by atoms with van der Waals surface area (Å²) < 4.78 is 41.5. The molecule has 0 bridgehead atoms. The maximum Gasteiger partial charge on any atom is 0.679 e. The molecule has 7 nitrogen and oxygen atoms in total. The van der Waals surface area contributed by atoms with E-state index < -0.39 is 20.0 Å². The van der Waals surface area contributed by atoms with E-state index in [2.05, 4.69) is 0 Å². The highest BCUT2D eigenvalue weighted by Crippen LogP contribution is 2.41. The summed E-state index contributed by atoms with van der Waals surface area (Å²) in [6, 6.07) is 34.2. The summed E-state index contributed by atoms with van der Waals surface area (Å²) in [7, 11) is -1.34. The highest BCUT2D eigenvalue weighted by molar-refractivity contribution is 6.43. The normalized spacial score (nSPS) is 13.4. The first kappa shape index (κ1) is 29.3. The van der Waals surface area contributed by atoms with E-state index in [0.29, 0.717) is 50.7 Å². The molecule has 0 spiro atoms. The average molecular weight is 601 g/mol. The summed E-state index contributed by atoms with van der Waals surface area (Å²) in [6.45, 7) is -0.474. The standard InChI is InChI=1S/C35H26BF2N3O4/c1-44-27-16-12-24(13-17-27)30-21-32(26-10-6-3-7-11-26)41(36(37)38)35(30)40-34-29(20-31(39-34)25-8-4-2-5-9-25)23-14-18-28(19-15-23)45-22-33(42)43/h2-21H,22H2,1H3,(H,42,43)/b40-34-. The molecule has 4 aromatic carbocycles. The van der Waals surface area contributed by atoms with Crippen molar-refractivity contribution in [2.45, 2.75) is 0 Å². The molecule has 2 heterocycles. The van der Waals surface area contributed by atoms with E-state index >= 15 is 0 Å². The highest BCUT2D eigenvalue weighted by Gasteiger charge is 2.30. The van der Waals surface area contributed by atoms with Crippen molar-refractivity contribution in [3.63, 3.8) is 0 Å². The maximum absolute atomic E-state index is 15.0. The van der Waals surface area contributed by atoms with E-state index in [9.17, 15) is 13.4 Å². The zero-order chi connectivity index (χ0) is 31.3. The number of allylic oxidation sites excluding steroid dienone is 1. The van der Waals surface area contributed by atoms with E-state index in [-0.39, 0.29) is 11.7 Å². The van der Waals surface area contributed by atoms with E-state index in [0.717, 1.165) is 10.0 Å². The number of aliphatic imine (C=N–C) groups is 2. The van der Waals surface area contributed by atoms with Crippen molar-refractivity contribution in [3.05, 3.63) is 132 Å². The van der Waals surface area contributed by atoms with E-state index in [1.54, 1.807) is 73.8 Å². The number of carboxylic acid groups (broad SMARTS) is 1. The van der Waals surface area contributed by atoms with Crippen LogP contribution in [0.25, 0.3) is 28.0 Å². The molecule has 0 saturated carbocycles. The lowest BCUT2D eigenvalue weighted by Gasteiger charge is -2.11. The Hall–Kier alpha value is -5.77. The molecule has 0 aliphatic carbocycles. The van der Waals surface area contributed by atoms with Crippen LogP contribution in [0.1, 0.15) is 11.1 Å². The zero-order valence-electron chi connectivity index (χ0n) is 24.1. The highest BCUT2D eigenvalue weighted by atomic mass is 19.2. The Kier molecular flexibility index (Phi) is 8.37. The summed E-state index contributed by atoms with van der Waals surface area (Å²) in [6.07, 6.45) is 1.86. The Balaban J connectivity index is 1.54. The molecule has 1 aliphatic heterocycles. The summed E-state index contributed by atoms with van der Waals surface area (Å²) in [4.78, 5) is 20.6. The predicted octanol–water partition coefficient (Wildman–Crippen LogP) is 7.68. The Morgan fingerprint density at radius 3 is 2.02 bits per heavy atom. The van der Waals surface area contributed by atoms with Crippen molar-refractivity contribution in [2.24, 2.45) is 9.98 Å². The second-order valence-corrected chi connectivity index (χ2v) is 10.1. The average Bonchev–Trinajstić information content (AvgIpc) is 3.67. The minimum atomic E-state index is -2.90. The van der Waals surface area contributed by atoms with Crippen LogP contribution < -0.4 is 9.47 Å². The van der Waals surface area contributed by atoms with Crippen LogP contribution in [0.4, 0.5) is 14.4 Å². The van der Waals surface area contributed by atoms with Gasteiger partial charge in [0.25, 0.3) is 0 Å². The first-order valence-corrected chi connectivity index (χ1v) is 14.0. The summed E-state index contributed by atoms with van der Waals surface area (Å²) in [5.41, 5.74) is 4.90. The monoisotopic (exact) mass is 601 g/mol. The van der Waals surface area contributed by atoms with Gasteiger partial charge in [-0.15, -0.1) is 0 Å². The number of hydrogen-bond acceptors (Lipinski definition) is 4. The van der Waals surface area contributed by atoms with Crippen molar-refractivity contribution in [2.75, 3.05) is 13.7 Å². The molecule has 222 valence electrons. The molecule has 1 aliphatic rings. The van der Waals surface area contributed by atoms with Gasteiger partial charge in [-0.05, 0) is 53.1 Å². The molecule has 45 heavy (non-hydrogen) atoms. The molecule has 0 unspecified atom stereocenters. The van der Waals surface area contributed by atoms with Crippen molar-refractivity contribution in [1.29, 1.82) is 0 Å². The van der Waals surface area contributed by atoms with Crippen LogP contribution in [0, 0.1) is 0 Å². The molecule has 5 aromatic rings. The van der Waals surface area contributed by atoms with Crippen LogP contribution in [0.2, 0.25) is 0 Å². The second-order valence-electron chi connectivity index (χ2n) is 10.1. The smallest absolute Gasteiger partial charge is 0.497 e. The van der Waals surface area contributed by atoms with Gasteiger partial charge in [0.05, 0.1) is 12.8 Å². The lowest BCUT2D eigenvalue weighted by molar-refractivity contribution is -0.139. The van der Waals surface area contributed by atoms with Crippen LogP contribution in [0.15, 0.2) is 131 Å². The number of carboxylic acids is 1.